The van der Waals surface area contributed by atoms with E-state index in [1.54, 1.807) is 31.4 Å². The first kappa shape index (κ1) is 11.1. The minimum absolute atomic E-state index is 0.0176. The Kier molecular flexibility index (Phi) is 3.00. The van der Waals surface area contributed by atoms with Crippen molar-refractivity contribution >= 4 is 5.69 Å². The zero-order valence-electron chi connectivity index (χ0n) is 9.25. The van der Waals surface area contributed by atoms with Gasteiger partial charge in [-0.1, -0.05) is 6.07 Å². The van der Waals surface area contributed by atoms with Gasteiger partial charge in [-0.2, -0.15) is 0 Å². The number of aromatic nitrogens is 1. The summed E-state index contributed by atoms with van der Waals surface area (Å²) < 4.78 is 10.4. The Morgan fingerprint density at radius 3 is 2.71 bits per heavy atom. The van der Waals surface area contributed by atoms with E-state index in [1.165, 1.54) is 12.3 Å². The molecule has 0 atom stereocenters. The highest BCUT2D eigenvalue weighted by Gasteiger charge is 2.06. The number of ether oxygens (including phenoxy) is 2. The number of hydrogen-bond acceptors (Lipinski definition) is 5. The molecular formula is C12H12N2O3. The van der Waals surface area contributed by atoms with Crippen molar-refractivity contribution in [1.82, 2.24) is 4.98 Å². The van der Waals surface area contributed by atoms with Gasteiger partial charge in [0.15, 0.2) is 5.75 Å². The van der Waals surface area contributed by atoms with Gasteiger partial charge in [-0.3, -0.25) is 0 Å². The molecule has 1 heterocycles. The van der Waals surface area contributed by atoms with Gasteiger partial charge >= 0.3 is 0 Å². The molecule has 0 spiro atoms. The lowest BCUT2D eigenvalue weighted by Gasteiger charge is -2.08. The van der Waals surface area contributed by atoms with Gasteiger partial charge in [0.25, 0.3) is 0 Å². The highest BCUT2D eigenvalue weighted by atomic mass is 16.5. The van der Waals surface area contributed by atoms with Gasteiger partial charge in [0.1, 0.15) is 17.2 Å². The number of benzene rings is 1. The standard InChI is InChI=1S/C12H12N2O3/c1-16-8-5-6-11(14-7-8)17-10-4-2-3-9(15)12(10)13/h2-7,15H,13H2,1H3. The van der Waals surface area contributed by atoms with Gasteiger partial charge in [-0.15, -0.1) is 0 Å². The van der Waals surface area contributed by atoms with Crippen LogP contribution < -0.4 is 15.2 Å². The van der Waals surface area contributed by atoms with Crippen molar-refractivity contribution in [2.75, 3.05) is 12.8 Å². The van der Waals surface area contributed by atoms with Crippen LogP contribution >= 0.6 is 0 Å². The molecule has 0 radical (unpaired) electrons. The summed E-state index contributed by atoms with van der Waals surface area (Å²) in [5.41, 5.74) is 5.84. The summed E-state index contributed by atoms with van der Waals surface area (Å²) in [6.45, 7) is 0. The van der Waals surface area contributed by atoms with E-state index in [0.29, 0.717) is 17.4 Å². The van der Waals surface area contributed by atoms with Crippen LogP contribution in [-0.2, 0) is 0 Å². The van der Waals surface area contributed by atoms with Crippen LogP contribution in [0, 0.1) is 0 Å². The average Bonchev–Trinajstić information content (AvgIpc) is 2.36. The third-order valence-electron chi connectivity index (χ3n) is 2.20. The second kappa shape index (κ2) is 4.61. The Morgan fingerprint density at radius 1 is 1.24 bits per heavy atom. The molecule has 0 aliphatic carbocycles. The van der Waals surface area contributed by atoms with Crippen LogP contribution in [0.2, 0.25) is 0 Å². The highest BCUT2D eigenvalue weighted by Crippen LogP contribution is 2.33. The summed E-state index contributed by atoms with van der Waals surface area (Å²) in [4.78, 5) is 4.03. The number of hydrogen-bond donors (Lipinski definition) is 2. The predicted octanol–water partition coefficient (Wildman–Crippen LogP) is 2.17. The predicted molar refractivity (Wildman–Crippen MR) is 63.4 cm³/mol. The summed E-state index contributed by atoms with van der Waals surface area (Å²) in [7, 11) is 1.56. The van der Waals surface area contributed by atoms with Gasteiger partial charge < -0.3 is 20.3 Å². The number of phenolic OH excluding ortho intramolecular Hbond substituents is 1. The molecule has 1 aromatic heterocycles. The van der Waals surface area contributed by atoms with Crippen molar-refractivity contribution < 1.29 is 14.6 Å². The fraction of sp³-hybridized carbons (Fsp3) is 0.0833. The van der Waals surface area contributed by atoms with Gasteiger partial charge in [0.05, 0.1) is 13.3 Å². The van der Waals surface area contributed by atoms with Crippen molar-refractivity contribution in [1.29, 1.82) is 0 Å². The smallest absolute Gasteiger partial charge is 0.219 e. The topological polar surface area (TPSA) is 77.6 Å². The van der Waals surface area contributed by atoms with Gasteiger partial charge in [-0.05, 0) is 18.2 Å². The third-order valence-corrected chi connectivity index (χ3v) is 2.20. The molecule has 5 heteroatoms. The van der Waals surface area contributed by atoms with Gasteiger partial charge in [0.2, 0.25) is 5.88 Å². The normalized spacial score (nSPS) is 9.94. The third kappa shape index (κ3) is 2.39. The van der Waals surface area contributed by atoms with Crippen LogP contribution in [0.5, 0.6) is 23.1 Å². The van der Waals surface area contributed by atoms with E-state index >= 15 is 0 Å². The maximum Gasteiger partial charge on any atom is 0.219 e. The minimum Gasteiger partial charge on any atom is -0.506 e. The fourth-order valence-corrected chi connectivity index (χ4v) is 1.28. The minimum atomic E-state index is -0.0176. The van der Waals surface area contributed by atoms with E-state index in [9.17, 15) is 5.11 Å². The molecule has 0 aliphatic heterocycles. The molecule has 0 fully saturated rings. The van der Waals surface area contributed by atoms with Crippen molar-refractivity contribution in [3.8, 4) is 23.1 Å². The monoisotopic (exact) mass is 232 g/mol. The molecule has 0 saturated carbocycles. The van der Waals surface area contributed by atoms with Crippen LogP contribution in [0.4, 0.5) is 5.69 Å². The van der Waals surface area contributed by atoms with Crippen molar-refractivity contribution in [3.63, 3.8) is 0 Å². The number of aromatic hydroxyl groups is 1. The lowest BCUT2D eigenvalue weighted by atomic mass is 10.3. The molecule has 2 rings (SSSR count). The molecule has 3 N–H and O–H groups in total. The number of anilines is 1. The molecule has 0 aliphatic rings. The number of nitrogens with zero attached hydrogens (tertiary/aromatic N) is 1. The molecule has 88 valence electrons. The van der Waals surface area contributed by atoms with E-state index in [1.807, 2.05) is 0 Å². The average molecular weight is 232 g/mol. The molecular weight excluding hydrogens is 220 g/mol. The zero-order chi connectivity index (χ0) is 12.3. The van der Waals surface area contributed by atoms with E-state index in [-0.39, 0.29) is 11.4 Å². The molecule has 0 bridgehead atoms. The number of para-hydroxylation sites is 1. The lowest BCUT2D eigenvalue weighted by molar-refractivity contribution is 0.407. The zero-order valence-corrected chi connectivity index (χ0v) is 9.25. The van der Waals surface area contributed by atoms with Crippen molar-refractivity contribution in [2.24, 2.45) is 0 Å². The maximum atomic E-state index is 9.41. The Balaban J connectivity index is 2.22. The van der Waals surface area contributed by atoms with Crippen LogP contribution in [0.3, 0.4) is 0 Å². The van der Waals surface area contributed by atoms with Crippen molar-refractivity contribution in [2.45, 2.75) is 0 Å². The number of nitrogens with two attached hydrogens (primary N) is 1. The second-order valence-corrected chi connectivity index (χ2v) is 3.33. The largest absolute Gasteiger partial charge is 0.506 e. The molecule has 1 aromatic carbocycles. The lowest BCUT2D eigenvalue weighted by Crippen LogP contribution is -1.94. The fourth-order valence-electron chi connectivity index (χ4n) is 1.28. The Hall–Kier alpha value is -2.43. The number of nitrogen functional groups attached to an aromatic ring is 1. The first-order valence-electron chi connectivity index (χ1n) is 4.96. The first-order chi connectivity index (χ1) is 8.20. The van der Waals surface area contributed by atoms with Crippen LogP contribution in [0.1, 0.15) is 0 Å². The summed E-state index contributed by atoms with van der Waals surface area (Å²) in [5.74, 6) is 1.36. The molecule has 0 amide bonds. The van der Waals surface area contributed by atoms with Crippen LogP contribution in [-0.4, -0.2) is 17.2 Å². The van der Waals surface area contributed by atoms with Crippen molar-refractivity contribution in [3.05, 3.63) is 36.5 Å². The van der Waals surface area contributed by atoms with Gasteiger partial charge in [0, 0.05) is 6.07 Å². The van der Waals surface area contributed by atoms with Crippen LogP contribution in [0.15, 0.2) is 36.5 Å². The number of methoxy groups -OCH3 is 1. The number of pyridine rings is 1. The summed E-state index contributed by atoms with van der Waals surface area (Å²) in [6.07, 6.45) is 1.54. The second-order valence-electron chi connectivity index (χ2n) is 3.33. The number of phenols is 1. The van der Waals surface area contributed by atoms with E-state index in [4.69, 9.17) is 15.2 Å². The Labute approximate surface area is 98.4 Å². The number of rotatable bonds is 3. The Morgan fingerprint density at radius 2 is 2.06 bits per heavy atom. The van der Waals surface area contributed by atoms with E-state index in [2.05, 4.69) is 4.98 Å². The van der Waals surface area contributed by atoms with E-state index < -0.39 is 0 Å². The molecule has 5 nitrogen and oxygen atoms in total. The molecule has 0 unspecified atom stereocenters. The Bertz CT molecular complexity index is 512. The van der Waals surface area contributed by atoms with Gasteiger partial charge in [-0.25, -0.2) is 4.98 Å². The molecule has 0 saturated heterocycles. The summed E-state index contributed by atoms with van der Waals surface area (Å²) in [5, 5.41) is 9.41. The quantitative estimate of drug-likeness (QED) is 0.626. The molecule has 2 aromatic rings. The summed E-state index contributed by atoms with van der Waals surface area (Å²) in [6, 6.07) is 8.17. The maximum absolute atomic E-state index is 9.41. The first-order valence-corrected chi connectivity index (χ1v) is 4.96. The SMILES string of the molecule is COc1ccc(Oc2cccc(O)c2N)nc1. The van der Waals surface area contributed by atoms with Crippen LogP contribution in [0.25, 0.3) is 0 Å². The molecule has 17 heavy (non-hydrogen) atoms. The van der Waals surface area contributed by atoms with E-state index in [0.717, 1.165) is 0 Å². The highest BCUT2D eigenvalue weighted by molar-refractivity contribution is 5.62. The summed E-state index contributed by atoms with van der Waals surface area (Å²) >= 11 is 0.